The summed E-state index contributed by atoms with van der Waals surface area (Å²) >= 11 is 0. The van der Waals surface area contributed by atoms with Crippen molar-refractivity contribution in [3.8, 4) is 0 Å². The number of hydrogen-bond acceptors (Lipinski definition) is 5. The largest absolute Gasteiger partial charge is 0.483 e. The first kappa shape index (κ1) is 19.9. The SMILES string of the molecule is Cc1nn(C(C)C)c(C)c1CN1C[C@@H]2CCOC[C@]2(CO)C1.O=CO. The predicted molar refractivity (Wildman–Crippen MR) is 94.5 cm³/mol. The van der Waals surface area contributed by atoms with Crippen molar-refractivity contribution in [2.24, 2.45) is 11.3 Å². The van der Waals surface area contributed by atoms with Crippen LogP contribution in [-0.4, -0.2) is 64.3 Å². The highest BCUT2D eigenvalue weighted by atomic mass is 16.5. The zero-order valence-corrected chi connectivity index (χ0v) is 15.7. The number of carboxylic acid groups (broad SMARTS) is 1. The third-order valence-corrected chi connectivity index (χ3v) is 5.54. The number of aromatic nitrogens is 2. The second kappa shape index (κ2) is 8.29. The van der Waals surface area contributed by atoms with Gasteiger partial charge in [-0.05, 0) is 40.0 Å². The predicted octanol–water partition coefficient (Wildman–Crippen LogP) is 1.61. The third-order valence-electron chi connectivity index (χ3n) is 5.54. The maximum Gasteiger partial charge on any atom is 0.290 e. The van der Waals surface area contributed by atoms with Crippen LogP contribution >= 0.6 is 0 Å². The highest BCUT2D eigenvalue weighted by Gasteiger charge is 2.48. The van der Waals surface area contributed by atoms with Crippen molar-refractivity contribution < 1.29 is 19.7 Å². The average molecular weight is 353 g/mol. The van der Waals surface area contributed by atoms with E-state index in [2.05, 4.69) is 37.3 Å². The number of aryl methyl sites for hydroxylation is 1. The van der Waals surface area contributed by atoms with Gasteiger partial charge < -0.3 is 14.9 Å². The molecule has 2 fully saturated rings. The van der Waals surface area contributed by atoms with E-state index in [1.54, 1.807) is 0 Å². The fraction of sp³-hybridized carbons (Fsp3) is 0.778. The van der Waals surface area contributed by atoms with Crippen LogP contribution in [0.4, 0.5) is 0 Å². The van der Waals surface area contributed by atoms with Gasteiger partial charge in [0.1, 0.15) is 0 Å². The Morgan fingerprint density at radius 1 is 1.44 bits per heavy atom. The number of rotatable bonds is 4. The molecule has 142 valence electrons. The van der Waals surface area contributed by atoms with Crippen molar-refractivity contribution in [3.05, 3.63) is 17.0 Å². The Labute approximate surface area is 149 Å². The van der Waals surface area contributed by atoms with Crippen LogP contribution in [-0.2, 0) is 16.1 Å². The third kappa shape index (κ3) is 4.04. The van der Waals surface area contributed by atoms with Crippen molar-refractivity contribution in [2.75, 3.05) is 32.9 Å². The Bertz CT molecular complexity index is 587. The molecule has 0 radical (unpaired) electrons. The van der Waals surface area contributed by atoms with Gasteiger partial charge in [-0.25, -0.2) is 0 Å². The van der Waals surface area contributed by atoms with Crippen LogP contribution in [0.2, 0.25) is 0 Å². The summed E-state index contributed by atoms with van der Waals surface area (Å²) < 4.78 is 7.78. The smallest absolute Gasteiger partial charge is 0.290 e. The molecule has 7 heteroatoms. The van der Waals surface area contributed by atoms with E-state index >= 15 is 0 Å². The van der Waals surface area contributed by atoms with Crippen LogP contribution in [0.5, 0.6) is 0 Å². The number of fused-ring (bicyclic) bond motifs is 1. The van der Waals surface area contributed by atoms with Gasteiger partial charge in [0.25, 0.3) is 6.47 Å². The summed E-state index contributed by atoms with van der Waals surface area (Å²) in [7, 11) is 0. The minimum atomic E-state index is -0.250. The Balaban J connectivity index is 0.000000701. The van der Waals surface area contributed by atoms with Crippen LogP contribution < -0.4 is 0 Å². The molecule has 3 heterocycles. The number of aliphatic hydroxyl groups excluding tert-OH is 1. The lowest BCUT2D eigenvalue weighted by molar-refractivity contribution is -0.122. The summed E-state index contributed by atoms with van der Waals surface area (Å²) in [5, 5.41) is 21.5. The second-order valence-corrected chi connectivity index (χ2v) is 7.52. The van der Waals surface area contributed by atoms with Gasteiger partial charge in [-0.1, -0.05) is 0 Å². The molecule has 2 atom stereocenters. The standard InChI is InChI=1S/C17H29N3O2.CH2O2/c1-12(2)20-14(4)16(13(3)18-20)8-19-7-15-5-6-22-11-17(15,9-19)10-21;2-1-3/h12,15,21H,5-11H2,1-4H3;1H,(H,2,3)/t15-,17+;/m0./s1. The number of carbonyl (C=O) groups is 1. The van der Waals surface area contributed by atoms with E-state index in [4.69, 9.17) is 19.7 Å². The first-order valence-electron chi connectivity index (χ1n) is 8.92. The van der Waals surface area contributed by atoms with Gasteiger partial charge in [0.15, 0.2) is 0 Å². The van der Waals surface area contributed by atoms with Gasteiger partial charge in [0.2, 0.25) is 0 Å². The highest BCUT2D eigenvalue weighted by molar-refractivity contribution is 5.32. The van der Waals surface area contributed by atoms with Crippen molar-refractivity contribution in [2.45, 2.75) is 46.7 Å². The molecule has 7 nitrogen and oxygen atoms in total. The van der Waals surface area contributed by atoms with Crippen molar-refractivity contribution in [3.63, 3.8) is 0 Å². The van der Waals surface area contributed by atoms with E-state index in [1.807, 2.05) is 0 Å². The molecule has 0 bridgehead atoms. The number of aliphatic hydroxyl groups is 1. The first-order valence-corrected chi connectivity index (χ1v) is 8.92. The van der Waals surface area contributed by atoms with Crippen LogP contribution in [0.25, 0.3) is 0 Å². The molecular weight excluding hydrogens is 322 g/mol. The Kier molecular flexibility index (Phi) is 6.59. The van der Waals surface area contributed by atoms with Gasteiger partial charge in [-0.3, -0.25) is 14.4 Å². The quantitative estimate of drug-likeness (QED) is 0.800. The van der Waals surface area contributed by atoms with Crippen LogP contribution in [0.3, 0.4) is 0 Å². The summed E-state index contributed by atoms with van der Waals surface area (Å²) in [6, 6.07) is 0.394. The summed E-state index contributed by atoms with van der Waals surface area (Å²) in [5.74, 6) is 0.562. The van der Waals surface area contributed by atoms with E-state index in [0.29, 0.717) is 18.6 Å². The summed E-state index contributed by atoms with van der Waals surface area (Å²) in [4.78, 5) is 10.8. The van der Waals surface area contributed by atoms with E-state index in [-0.39, 0.29) is 18.5 Å². The van der Waals surface area contributed by atoms with Crippen molar-refractivity contribution in [1.82, 2.24) is 14.7 Å². The molecule has 2 aliphatic rings. The monoisotopic (exact) mass is 353 g/mol. The molecular formula is C18H31N3O4. The van der Waals surface area contributed by atoms with Gasteiger partial charge in [-0.15, -0.1) is 0 Å². The second-order valence-electron chi connectivity index (χ2n) is 7.52. The molecule has 25 heavy (non-hydrogen) atoms. The number of hydrogen-bond donors (Lipinski definition) is 2. The zero-order valence-electron chi connectivity index (χ0n) is 15.7. The molecule has 0 amide bonds. The Morgan fingerprint density at radius 3 is 2.64 bits per heavy atom. The maximum atomic E-state index is 9.90. The normalized spacial score (nSPS) is 26.2. The van der Waals surface area contributed by atoms with Crippen LogP contribution in [0.15, 0.2) is 0 Å². The van der Waals surface area contributed by atoms with Crippen molar-refractivity contribution in [1.29, 1.82) is 0 Å². The molecule has 2 N–H and O–H groups in total. The number of nitrogens with zero attached hydrogens (tertiary/aromatic N) is 3. The lowest BCUT2D eigenvalue weighted by atomic mass is 9.76. The summed E-state index contributed by atoms with van der Waals surface area (Å²) in [6.07, 6.45) is 1.07. The minimum absolute atomic E-state index is 0.0475. The molecule has 1 aromatic heterocycles. The summed E-state index contributed by atoms with van der Waals surface area (Å²) in [6.45, 7) is 13.1. The van der Waals surface area contributed by atoms with E-state index in [0.717, 1.165) is 38.4 Å². The van der Waals surface area contributed by atoms with Gasteiger partial charge >= 0.3 is 0 Å². The Hall–Kier alpha value is -1.44. The molecule has 0 aliphatic carbocycles. The lowest BCUT2D eigenvalue weighted by Gasteiger charge is -2.36. The molecule has 2 aliphatic heterocycles. The Morgan fingerprint density at radius 2 is 2.12 bits per heavy atom. The number of ether oxygens (including phenoxy) is 1. The molecule has 2 saturated heterocycles. The minimum Gasteiger partial charge on any atom is -0.483 e. The maximum absolute atomic E-state index is 9.90. The zero-order chi connectivity index (χ0) is 18.6. The molecule has 0 unspecified atom stereocenters. The lowest BCUT2D eigenvalue weighted by Crippen LogP contribution is -2.42. The molecule has 0 aromatic carbocycles. The van der Waals surface area contributed by atoms with Crippen LogP contribution in [0, 0.1) is 25.2 Å². The number of likely N-dealkylation sites (tertiary alicyclic amines) is 1. The van der Waals surface area contributed by atoms with E-state index in [1.165, 1.54) is 11.3 Å². The summed E-state index contributed by atoms with van der Waals surface area (Å²) in [5.41, 5.74) is 3.71. The topological polar surface area (TPSA) is 87.8 Å². The van der Waals surface area contributed by atoms with Crippen molar-refractivity contribution >= 4 is 6.47 Å². The first-order chi connectivity index (χ1) is 11.9. The average Bonchev–Trinajstić information content (AvgIpc) is 3.08. The molecule has 0 spiro atoms. The fourth-order valence-electron chi connectivity index (χ4n) is 4.20. The molecule has 3 rings (SSSR count). The van der Waals surface area contributed by atoms with E-state index < -0.39 is 0 Å². The highest BCUT2D eigenvalue weighted by Crippen LogP contribution is 2.41. The van der Waals surface area contributed by atoms with E-state index in [9.17, 15) is 5.11 Å². The van der Waals surface area contributed by atoms with Gasteiger partial charge in [0, 0.05) is 49.0 Å². The van der Waals surface area contributed by atoms with Crippen LogP contribution in [0.1, 0.15) is 43.3 Å². The molecule has 0 saturated carbocycles. The van der Waals surface area contributed by atoms with Gasteiger partial charge in [0.05, 0.1) is 18.9 Å². The van der Waals surface area contributed by atoms with Gasteiger partial charge in [-0.2, -0.15) is 5.10 Å². The molecule has 1 aromatic rings. The fourth-order valence-corrected chi connectivity index (χ4v) is 4.20.